The van der Waals surface area contributed by atoms with Crippen LogP contribution in [0.3, 0.4) is 0 Å². The monoisotopic (exact) mass is 190 g/mol. The number of carbonyl (C=O) groups excluding carboxylic acids is 1. The van der Waals surface area contributed by atoms with E-state index in [0.717, 1.165) is 36.3 Å². The zero-order chi connectivity index (χ0) is 10.1. The third-order valence-corrected chi connectivity index (χ3v) is 2.76. The SMILES string of the molecule is CC(=O)c1ccc2c(c1C)CCCO2. The first kappa shape index (κ1) is 9.25. The van der Waals surface area contributed by atoms with Crippen LogP contribution in [0.15, 0.2) is 12.1 Å². The molecule has 0 bridgehead atoms. The van der Waals surface area contributed by atoms with Gasteiger partial charge in [-0.3, -0.25) is 4.79 Å². The van der Waals surface area contributed by atoms with Crippen molar-refractivity contribution in [3.63, 3.8) is 0 Å². The summed E-state index contributed by atoms with van der Waals surface area (Å²) in [6.07, 6.45) is 2.08. The minimum atomic E-state index is 0.135. The van der Waals surface area contributed by atoms with Crippen molar-refractivity contribution in [1.29, 1.82) is 0 Å². The van der Waals surface area contributed by atoms with E-state index >= 15 is 0 Å². The van der Waals surface area contributed by atoms with E-state index < -0.39 is 0 Å². The summed E-state index contributed by atoms with van der Waals surface area (Å²) in [7, 11) is 0. The van der Waals surface area contributed by atoms with E-state index in [1.54, 1.807) is 6.92 Å². The molecule has 2 heteroatoms. The lowest BCUT2D eigenvalue weighted by atomic mass is 9.95. The number of Topliss-reactive ketones (excluding diaryl/α,β-unsaturated/α-hetero) is 1. The van der Waals surface area contributed by atoms with Gasteiger partial charge in [0.1, 0.15) is 5.75 Å². The summed E-state index contributed by atoms with van der Waals surface area (Å²) in [5.41, 5.74) is 3.13. The van der Waals surface area contributed by atoms with Crippen molar-refractivity contribution in [2.24, 2.45) is 0 Å². The maximum absolute atomic E-state index is 11.3. The highest BCUT2D eigenvalue weighted by atomic mass is 16.5. The Hall–Kier alpha value is -1.31. The normalized spacial score (nSPS) is 14.4. The minimum absolute atomic E-state index is 0.135. The van der Waals surface area contributed by atoms with Gasteiger partial charge >= 0.3 is 0 Å². The molecule has 1 aromatic rings. The highest BCUT2D eigenvalue weighted by molar-refractivity contribution is 5.96. The fourth-order valence-electron chi connectivity index (χ4n) is 1.99. The lowest BCUT2D eigenvalue weighted by molar-refractivity contribution is 0.101. The number of ether oxygens (including phenoxy) is 1. The van der Waals surface area contributed by atoms with E-state index in [1.165, 1.54) is 5.56 Å². The largest absolute Gasteiger partial charge is 0.493 e. The van der Waals surface area contributed by atoms with Crippen LogP contribution < -0.4 is 4.74 Å². The molecule has 1 heterocycles. The molecule has 0 amide bonds. The molecule has 0 radical (unpaired) electrons. The molecule has 74 valence electrons. The van der Waals surface area contributed by atoms with Gasteiger partial charge in [-0.15, -0.1) is 0 Å². The van der Waals surface area contributed by atoms with Crippen LogP contribution in [0.25, 0.3) is 0 Å². The predicted molar refractivity (Wildman–Crippen MR) is 55.0 cm³/mol. The first-order valence-electron chi connectivity index (χ1n) is 4.96. The van der Waals surface area contributed by atoms with Gasteiger partial charge in [0.15, 0.2) is 5.78 Å². The van der Waals surface area contributed by atoms with Gasteiger partial charge in [-0.25, -0.2) is 0 Å². The van der Waals surface area contributed by atoms with Gasteiger partial charge in [0, 0.05) is 5.56 Å². The van der Waals surface area contributed by atoms with Gasteiger partial charge in [-0.05, 0) is 49.9 Å². The molecule has 1 aromatic carbocycles. The maximum atomic E-state index is 11.3. The first-order valence-corrected chi connectivity index (χ1v) is 4.96. The number of fused-ring (bicyclic) bond motifs is 1. The molecule has 14 heavy (non-hydrogen) atoms. The molecular formula is C12H14O2. The molecule has 0 unspecified atom stereocenters. The van der Waals surface area contributed by atoms with Crippen molar-refractivity contribution in [3.8, 4) is 5.75 Å². The second-order valence-electron chi connectivity index (χ2n) is 3.72. The molecule has 0 aliphatic carbocycles. The fraction of sp³-hybridized carbons (Fsp3) is 0.417. The van der Waals surface area contributed by atoms with Crippen LogP contribution in [0.4, 0.5) is 0 Å². The molecule has 0 atom stereocenters. The van der Waals surface area contributed by atoms with E-state index in [4.69, 9.17) is 4.74 Å². The average molecular weight is 190 g/mol. The predicted octanol–water partition coefficient (Wildman–Crippen LogP) is 2.52. The van der Waals surface area contributed by atoms with Crippen LogP contribution in [0.1, 0.15) is 34.8 Å². The summed E-state index contributed by atoms with van der Waals surface area (Å²) in [6.45, 7) is 4.41. The van der Waals surface area contributed by atoms with Crippen molar-refractivity contribution >= 4 is 5.78 Å². The van der Waals surface area contributed by atoms with Gasteiger partial charge in [0.2, 0.25) is 0 Å². The molecule has 1 aliphatic heterocycles. The molecule has 0 saturated carbocycles. The molecule has 0 aromatic heterocycles. The Balaban J connectivity index is 2.54. The van der Waals surface area contributed by atoms with Crippen LogP contribution in [0.5, 0.6) is 5.75 Å². The fourth-order valence-corrected chi connectivity index (χ4v) is 1.99. The Morgan fingerprint density at radius 2 is 2.21 bits per heavy atom. The third-order valence-electron chi connectivity index (χ3n) is 2.76. The number of rotatable bonds is 1. The zero-order valence-electron chi connectivity index (χ0n) is 8.59. The lowest BCUT2D eigenvalue weighted by Gasteiger charge is -2.20. The number of carbonyl (C=O) groups is 1. The molecule has 0 N–H and O–H groups in total. The third kappa shape index (κ3) is 1.41. The quantitative estimate of drug-likeness (QED) is 0.636. The smallest absolute Gasteiger partial charge is 0.160 e. The maximum Gasteiger partial charge on any atom is 0.160 e. The Kier molecular flexibility index (Phi) is 2.28. The van der Waals surface area contributed by atoms with Gasteiger partial charge in [0.05, 0.1) is 6.61 Å². The molecular weight excluding hydrogens is 176 g/mol. The number of ketones is 1. The highest BCUT2D eigenvalue weighted by Crippen LogP contribution is 2.29. The zero-order valence-corrected chi connectivity index (χ0v) is 8.59. The summed E-state index contributed by atoms with van der Waals surface area (Å²) >= 11 is 0. The number of hydrogen-bond donors (Lipinski definition) is 0. The first-order chi connectivity index (χ1) is 6.70. The topological polar surface area (TPSA) is 26.3 Å². The second-order valence-corrected chi connectivity index (χ2v) is 3.72. The summed E-state index contributed by atoms with van der Waals surface area (Å²) in [5.74, 6) is 1.09. The van der Waals surface area contributed by atoms with E-state index in [2.05, 4.69) is 0 Å². The number of benzene rings is 1. The van der Waals surface area contributed by atoms with E-state index in [0.29, 0.717) is 0 Å². The average Bonchev–Trinajstić information content (AvgIpc) is 2.18. The van der Waals surface area contributed by atoms with Gasteiger partial charge in [-0.2, -0.15) is 0 Å². The minimum Gasteiger partial charge on any atom is -0.493 e. The number of hydrogen-bond acceptors (Lipinski definition) is 2. The summed E-state index contributed by atoms with van der Waals surface area (Å²) in [5, 5.41) is 0. The van der Waals surface area contributed by atoms with Gasteiger partial charge in [0.25, 0.3) is 0 Å². The Morgan fingerprint density at radius 1 is 1.43 bits per heavy atom. The Morgan fingerprint density at radius 3 is 2.93 bits per heavy atom. The van der Waals surface area contributed by atoms with Crippen molar-refractivity contribution in [2.75, 3.05) is 6.61 Å². The van der Waals surface area contributed by atoms with Crippen LogP contribution >= 0.6 is 0 Å². The van der Waals surface area contributed by atoms with Crippen molar-refractivity contribution in [3.05, 3.63) is 28.8 Å². The lowest BCUT2D eigenvalue weighted by Crippen LogP contribution is -2.11. The van der Waals surface area contributed by atoms with Gasteiger partial charge in [-0.1, -0.05) is 0 Å². The molecule has 0 spiro atoms. The van der Waals surface area contributed by atoms with Crippen molar-refractivity contribution < 1.29 is 9.53 Å². The van der Waals surface area contributed by atoms with Crippen LogP contribution in [-0.4, -0.2) is 12.4 Å². The van der Waals surface area contributed by atoms with E-state index in [-0.39, 0.29) is 5.78 Å². The summed E-state index contributed by atoms with van der Waals surface area (Å²) in [6, 6.07) is 3.78. The molecule has 0 saturated heterocycles. The Bertz CT molecular complexity index is 380. The molecule has 1 aliphatic rings. The van der Waals surface area contributed by atoms with E-state index in [9.17, 15) is 4.79 Å². The van der Waals surface area contributed by atoms with Crippen LogP contribution in [0, 0.1) is 6.92 Å². The molecule has 0 fully saturated rings. The van der Waals surface area contributed by atoms with Crippen LogP contribution in [-0.2, 0) is 6.42 Å². The standard InChI is InChI=1S/C12H14O2/c1-8-10(9(2)13)5-6-12-11(8)4-3-7-14-12/h5-6H,3-4,7H2,1-2H3. The van der Waals surface area contributed by atoms with E-state index in [1.807, 2.05) is 19.1 Å². The summed E-state index contributed by atoms with van der Waals surface area (Å²) in [4.78, 5) is 11.3. The molecule has 2 rings (SSSR count). The van der Waals surface area contributed by atoms with Gasteiger partial charge < -0.3 is 4.74 Å². The summed E-state index contributed by atoms with van der Waals surface area (Å²) < 4.78 is 5.53. The molecule has 2 nitrogen and oxygen atoms in total. The van der Waals surface area contributed by atoms with Crippen molar-refractivity contribution in [2.45, 2.75) is 26.7 Å². The Labute approximate surface area is 83.9 Å². The highest BCUT2D eigenvalue weighted by Gasteiger charge is 2.16. The second kappa shape index (κ2) is 3.45. The van der Waals surface area contributed by atoms with Crippen molar-refractivity contribution in [1.82, 2.24) is 0 Å². The van der Waals surface area contributed by atoms with Crippen LogP contribution in [0.2, 0.25) is 0 Å².